The zero-order chi connectivity index (χ0) is 10.0. The molecule has 0 aromatic heterocycles. The van der Waals surface area contributed by atoms with Gasteiger partial charge in [-0.15, -0.1) is 0 Å². The summed E-state index contributed by atoms with van der Waals surface area (Å²) in [5.41, 5.74) is 0.996. The quantitative estimate of drug-likeness (QED) is 0.754. The molecule has 1 aromatic rings. The van der Waals surface area contributed by atoms with Gasteiger partial charge in [-0.3, -0.25) is 0 Å². The predicted molar refractivity (Wildman–Crippen MR) is 55.3 cm³/mol. The van der Waals surface area contributed by atoms with Crippen LogP contribution in [0.1, 0.15) is 31.2 Å². The van der Waals surface area contributed by atoms with Gasteiger partial charge in [0.1, 0.15) is 5.75 Å². The Morgan fingerprint density at radius 1 is 1.21 bits per heavy atom. The summed E-state index contributed by atoms with van der Waals surface area (Å²) in [6, 6.07) is 7.30. The van der Waals surface area contributed by atoms with Crippen LogP contribution >= 0.6 is 0 Å². The van der Waals surface area contributed by atoms with E-state index in [0.29, 0.717) is 5.75 Å². The van der Waals surface area contributed by atoms with E-state index in [1.54, 1.807) is 12.1 Å². The minimum atomic E-state index is -0.0846. The van der Waals surface area contributed by atoms with E-state index in [4.69, 9.17) is 0 Å². The van der Waals surface area contributed by atoms with Crippen molar-refractivity contribution in [3.8, 4) is 5.75 Å². The normalized spacial score (nSPS) is 19.8. The highest BCUT2D eigenvalue weighted by molar-refractivity contribution is 5.33. The SMILES string of the molecule is OCC1(c2cccc(O)c2)CCCC1. The number of phenolic OH excluding ortho intramolecular Hbond substituents is 1. The first kappa shape index (κ1) is 9.53. The average Bonchev–Trinajstić information content (AvgIpc) is 2.67. The zero-order valence-corrected chi connectivity index (χ0v) is 8.24. The van der Waals surface area contributed by atoms with Crippen molar-refractivity contribution in [2.75, 3.05) is 6.61 Å². The topological polar surface area (TPSA) is 40.5 Å². The maximum Gasteiger partial charge on any atom is 0.115 e. The molecule has 0 spiro atoms. The smallest absolute Gasteiger partial charge is 0.115 e. The van der Waals surface area contributed by atoms with Crippen molar-refractivity contribution < 1.29 is 10.2 Å². The second-order valence-corrected chi connectivity index (χ2v) is 4.20. The summed E-state index contributed by atoms with van der Waals surface area (Å²) in [4.78, 5) is 0. The standard InChI is InChI=1S/C12H16O2/c13-9-12(6-1-2-7-12)10-4-3-5-11(14)8-10/h3-5,8,13-14H,1-2,6-7,9H2. The van der Waals surface area contributed by atoms with E-state index in [0.717, 1.165) is 18.4 Å². The van der Waals surface area contributed by atoms with Gasteiger partial charge in [0.25, 0.3) is 0 Å². The molecule has 76 valence electrons. The van der Waals surface area contributed by atoms with Crippen LogP contribution in [0.2, 0.25) is 0 Å². The molecule has 2 heteroatoms. The van der Waals surface area contributed by atoms with Crippen LogP contribution in [0.3, 0.4) is 0 Å². The lowest BCUT2D eigenvalue weighted by Gasteiger charge is -2.27. The summed E-state index contributed by atoms with van der Waals surface area (Å²) in [5.74, 6) is 0.294. The van der Waals surface area contributed by atoms with Crippen molar-refractivity contribution in [2.45, 2.75) is 31.1 Å². The molecule has 0 heterocycles. The zero-order valence-electron chi connectivity index (χ0n) is 8.24. The number of benzene rings is 1. The first-order chi connectivity index (χ1) is 6.77. The molecule has 1 aliphatic rings. The van der Waals surface area contributed by atoms with Crippen LogP contribution in [0.25, 0.3) is 0 Å². The number of hydrogen-bond acceptors (Lipinski definition) is 2. The van der Waals surface area contributed by atoms with Gasteiger partial charge < -0.3 is 10.2 Å². The third-order valence-electron chi connectivity index (χ3n) is 3.32. The molecule has 0 aliphatic heterocycles. The molecule has 1 saturated carbocycles. The van der Waals surface area contributed by atoms with Crippen molar-refractivity contribution in [2.24, 2.45) is 0 Å². The molecule has 1 aromatic carbocycles. The minimum absolute atomic E-state index is 0.0846. The fraction of sp³-hybridized carbons (Fsp3) is 0.500. The molecule has 0 amide bonds. The average molecular weight is 192 g/mol. The molecule has 0 radical (unpaired) electrons. The van der Waals surface area contributed by atoms with Crippen molar-refractivity contribution in [3.63, 3.8) is 0 Å². The summed E-state index contributed by atoms with van der Waals surface area (Å²) in [6.45, 7) is 0.191. The van der Waals surface area contributed by atoms with Crippen molar-refractivity contribution in [3.05, 3.63) is 29.8 Å². The summed E-state index contributed by atoms with van der Waals surface area (Å²) in [7, 11) is 0. The van der Waals surface area contributed by atoms with E-state index in [1.807, 2.05) is 12.1 Å². The Kier molecular flexibility index (Phi) is 2.46. The van der Waals surface area contributed by atoms with Gasteiger partial charge in [0.15, 0.2) is 0 Å². The molecule has 2 nitrogen and oxygen atoms in total. The molecular formula is C12H16O2. The van der Waals surface area contributed by atoms with E-state index in [1.165, 1.54) is 12.8 Å². The lowest BCUT2D eigenvalue weighted by Crippen LogP contribution is -2.26. The number of aliphatic hydroxyl groups excluding tert-OH is 1. The number of rotatable bonds is 2. The first-order valence-corrected chi connectivity index (χ1v) is 5.17. The Balaban J connectivity index is 2.35. The molecule has 2 N–H and O–H groups in total. The second-order valence-electron chi connectivity index (χ2n) is 4.20. The maximum atomic E-state index is 9.48. The Bertz CT molecular complexity index is 314. The number of phenols is 1. The summed E-state index contributed by atoms with van der Waals surface area (Å²) in [5, 5.41) is 18.9. The van der Waals surface area contributed by atoms with Crippen molar-refractivity contribution in [1.82, 2.24) is 0 Å². The molecule has 2 rings (SSSR count). The maximum absolute atomic E-state index is 9.48. The van der Waals surface area contributed by atoms with Gasteiger partial charge in [0.2, 0.25) is 0 Å². The van der Waals surface area contributed by atoms with Crippen LogP contribution in [-0.2, 0) is 5.41 Å². The van der Waals surface area contributed by atoms with Crippen LogP contribution in [0.15, 0.2) is 24.3 Å². The van der Waals surface area contributed by atoms with Gasteiger partial charge in [-0.05, 0) is 30.5 Å². The number of aromatic hydroxyl groups is 1. The van der Waals surface area contributed by atoms with Crippen molar-refractivity contribution in [1.29, 1.82) is 0 Å². The van der Waals surface area contributed by atoms with E-state index >= 15 is 0 Å². The van der Waals surface area contributed by atoms with Crippen LogP contribution in [0, 0.1) is 0 Å². The number of hydrogen-bond donors (Lipinski definition) is 2. The van der Waals surface area contributed by atoms with E-state index in [9.17, 15) is 10.2 Å². The van der Waals surface area contributed by atoms with E-state index in [-0.39, 0.29) is 12.0 Å². The highest BCUT2D eigenvalue weighted by atomic mass is 16.3. The molecule has 14 heavy (non-hydrogen) atoms. The van der Waals surface area contributed by atoms with Gasteiger partial charge in [-0.25, -0.2) is 0 Å². The van der Waals surface area contributed by atoms with Crippen LogP contribution < -0.4 is 0 Å². The van der Waals surface area contributed by atoms with Crippen LogP contribution in [0.5, 0.6) is 5.75 Å². The lowest BCUT2D eigenvalue weighted by atomic mass is 9.80. The van der Waals surface area contributed by atoms with Gasteiger partial charge in [0.05, 0.1) is 6.61 Å². The third-order valence-corrected chi connectivity index (χ3v) is 3.32. The third kappa shape index (κ3) is 1.50. The Morgan fingerprint density at radius 3 is 2.50 bits per heavy atom. The number of aliphatic hydroxyl groups is 1. The molecule has 0 saturated heterocycles. The van der Waals surface area contributed by atoms with E-state index < -0.39 is 0 Å². The largest absolute Gasteiger partial charge is 0.508 e. The van der Waals surface area contributed by atoms with Crippen molar-refractivity contribution >= 4 is 0 Å². The Morgan fingerprint density at radius 2 is 1.93 bits per heavy atom. The Hall–Kier alpha value is -1.02. The molecule has 1 fully saturated rings. The van der Waals surface area contributed by atoms with Crippen LogP contribution in [-0.4, -0.2) is 16.8 Å². The molecule has 1 aliphatic carbocycles. The fourth-order valence-electron chi connectivity index (χ4n) is 2.43. The summed E-state index contributed by atoms with van der Waals surface area (Å²) >= 11 is 0. The van der Waals surface area contributed by atoms with Gasteiger partial charge in [-0.2, -0.15) is 0 Å². The first-order valence-electron chi connectivity index (χ1n) is 5.17. The van der Waals surface area contributed by atoms with Gasteiger partial charge in [0, 0.05) is 5.41 Å². The minimum Gasteiger partial charge on any atom is -0.508 e. The second kappa shape index (κ2) is 3.62. The molecule has 0 bridgehead atoms. The Labute approximate surface area is 84.2 Å². The molecule has 0 unspecified atom stereocenters. The summed E-state index contributed by atoms with van der Waals surface area (Å²) < 4.78 is 0. The highest BCUT2D eigenvalue weighted by Crippen LogP contribution is 2.41. The monoisotopic (exact) mass is 192 g/mol. The molecule has 0 atom stereocenters. The predicted octanol–water partition coefficient (Wildman–Crippen LogP) is 2.20. The lowest BCUT2D eigenvalue weighted by molar-refractivity contribution is 0.195. The fourth-order valence-corrected chi connectivity index (χ4v) is 2.43. The van der Waals surface area contributed by atoms with Gasteiger partial charge in [-0.1, -0.05) is 25.0 Å². The summed E-state index contributed by atoms with van der Waals surface area (Å²) in [6.07, 6.45) is 4.42. The van der Waals surface area contributed by atoms with Crippen LogP contribution in [0.4, 0.5) is 0 Å². The molecular weight excluding hydrogens is 176 g/mol. The van der Waals surface area contributed by atoms with Gasteiger partial charge >= 0.3 is 0 Å². The highest BCUT2D eigenvalue weighted by Gasteiger charge is 2.34. The van der Waals surface area contributed by atoms with E-state index in [2.05, 4.69) is 0 Å².